The van der Waals surface area contributed by atoms with Crippen LogP contribution in [0.4, 0.5) is 0 Å². The molecule has 1 aromatic heterocycles. The van der Waals surface area contributed by atoms with Gasteiger partial charge in [-0.25, -0.2) is 9.97 Å². The van der Waals surface area contributed by atoms with E-state index in [9.17, 15) is 9.59 Å². The predicted molar refractivity (Wildman–Crippen MR) is 97.4 cm³/mol. The highest BCUT2D eigenvalue weighted by Crippen LogP contribution is 2.34. The zero-order valence-corrected chi connectivity index (χ0v) is 16.3. The Morgan fingerprint density at radius 1 is 1.24 bits per heavy atom. The van der Waals surface area contributed by atoms with Crippen molar-refractivity contribution in [3.63, 3.8) is 0 Å². The van der Waals surface area contributed by atoms with Gasteiger partial charge in [-0.05, 0) is 31.2 Å². The molecule has 0 bridgehead atoms. The number of likely N-dealkylation sites (tertiary alicyclic amines) is 1. The van der Waals surface area contributed by atoms with E-state index in [4.69, 9.17) is 0 Å². The molecule has 6 heteroatoms. The van der Waals surface area contributed by atoms with Crippen LogP contribution in [0.2, 0.25) is 0 Å². The Kier molecular flexibility index (Phi) is 5.49. The summed E-state index contributed by atoms with van der Waals surface area (Å²) in [7, 11) is 0. The van der Waals surface area contributed by atoms with E-state index < -0.39 is 0 Å². The molecule has 0 radical (unpaired) electrons. The molecule has 2 amide bonds. The fourth-order valence-corrected chi connectivity index (χ4v) is 3.00. The first-order chi connectivity index (χ1) is 11.5. The van der Waals surface area contributed by atoms with Crippen LogP contribution >= 0.6 is 0 Å². The summed E-state index contributed by atoms with van der Waals surface area (Å²) < 4.78 is 0. The van der Waals surface area contributed by atoms with Gasteiger partial charge in [0, 0.05) is 32.0 Å². The summed E-state index contributed by atoms with van der Waals surface area (Å²) in [4.78, 5) is 34.8. The van der Waals surface area contributed by atoms with E-state index >= 15 is 0 Å². The summed E-state index contributed by atoms with van der Waals surface area (Å²) in [5.41, 5.74) is 1.19. The Morgan fingerprint density at radius 2 is 1.84 bits per heavy atom. The average Bonchev–Trinajstić information content (AvgIpc) is 2.51. The van der Waals surface area contributed by atoms with Gasteiger partial charge in [0.1, 0.15) is 11.5 Å². The standard InChI is InChI=1S/C19H30N4O2/c1-13-21-15(17(25)20-12-18(3,4)5)11-16(22-13)19(6)7-9-23(10-8-19)14(2)24/h11H,7-10,12H2,1-6H3,(H,20,25). The number of hydrogen-bond acceptors (Lipinski definition) is 4. The van der Waals surface area contributed by atoms with Gasteiger partial charge in [-0.1, -0.05) is 27.7 Å². The first-order valence-corrected chi connectivity index (χ1v) is 8.90. The smallest absolute Gasteiger partial charge is 0.270 e. The van der Waals surface area contributed by atoms with Crippen LogP contribution < -0.4 is 5.32 Å². The maximum Gasteiger partial charge on any atom is 0.270 e. The van der Waals surface area contributed by atoms with Gasteiger partial charge in [-0.3, -0.25) is 9.59 Å². The lowest BCUT2D eigenvalue weighted by molar-refractivity contribution is -0.130. The Morgan fingerprint density at radius 3 is 2.36 bits per heavy atom. The number of nitrogens with zero attached hydrogens (tertiary/aromatic N) is 3. The second-order valence-electron chi connectivity index (χ2n) is 8.50. The van der Waals surface area contributed by atoms with Crippen LogP contribution in [-0.2, 0) is 10.2 Å². The number of carbonyl (C=O) groups excluding carboxylic acids is 2. The summed E-state index contributed by atoms with van der Waals surface area (Å²) >= 11 is 0. The number of amides is 2. The molecule has 0 unspecified atom stereocenters. The van der Waals surface area contributed by atoms with E-state index in [1.54, 1.807) is 6.92 Å². The highest BCUT2D eigenvalue weighted by atomic mass is 16.2. The summed E-state index contributed by atoms with van der Waals surface area (Å²) in [5, 5.41) is 2.95. The molecular weight excluding hydrogens is 316 g/mol. The van der Waals surface area contributed by atoms with Gasteiger partial charge in [-0.15, -0.1) is 0 Å². The van der Waals surface area contributed by atoms with Crippen LogP contribution in [0.15, 0.2) is 6.07 Å². The largest absolute Gasteiger partial charge is 0.350 e. The Labute approximate surface area is 150 Å². The highest BCUT2D eigenvalue weighted by Gasteiger charge is 2.34. The van der Waals surface area contributed by atoms with Crippen molar-refractivity contribution in [1.29, 1.82) is 0 Å². The molecule has 2 rings (SSSR count). The maximum absolute atomic E-state index is 12.5. The van der Waals surface area contributed by atoms with Crippen molar-refractivity contribution in [3.05, 3.63) is 23.3 Å². The molecule has 1 saturated heterocycles. The second kappa shape index (κ2) is 7.10. The van der Waals surface area contributed by atoms with Crippen molar-refractivity contribution in [1.82, 2.24) is 20.2 Å². The van der Waals surface area contributed by atoms with Crippen LogP contribution in [-0.4, -0.2) is 46.3 Å². The zero-order chi connectivity index (χ0) is 18.8. The molecule has 2 heterocycles. The molecule has 0 aromatic carbocycles. The molecule has 1 aliphatic rings. The van der Waals surface area contributed by atoms with Crippen molar-refractivity contribution >= 4 is 11.8 Å². The summed E-state index contributed by atoms with van der Waals surface area (Å²) in [5.74, 6) is 0.559. The van der Waals surface area contributed by atoms with Gasteiger partial charge in [0.15, 0.2) is 0 Å². The topological polar surface area (TPSA) is 75.2 Å². The van der Waals surface area contributed by atoms with Gasteiger partial charge < -0.3 is 10.2 Å². The monoisotopic (exact) mass is 346 g/mol. The van der Waals surface area contributed by atoms with E-state index in [1.807, 2.05) is 17.9 Å². The van der Waals surface area contributed by atoms with E-state index in [2.05, 4.69) is 43.0 Å². The molecule has 0 aliphatic carbocycles. The number of aromatic nitrogens is 2. The second-order valence-corrected chi connectivity index (χ2v) is 8.50. The lowest BCUT2D eigenvalue weighted by atomic mass is 9.77. The lowest BCUT2D eigenvalue weighted by Crippen LogP contribution is -2.43. The molecule has 6 nitrogen and oxygen atoms in total. The first kappa shape index (κ1) is 19.3. The van der Waals surface area contributed by atoms with Gasteiger partial charge in [-0.2, -0.15) is 0 Å². The molecule has 0 saturated carbocycles. The van der Waals surface area contributed by atoms with E-state index in [0.717, 1.165) is 31.6 Å². The van der Waals surface area contributed by atoms with Crippen LogP contribution in [0, 0.1) is 12.3 Å². The van der Waals surface area contributed by atoms with Crippen molar-refractivity contribution in [3.8, 4) is 0 Å². The Hall–Kier alpha value is -1.98. The van der Waals surface area contributed by atoms with Crippen LogP contribution in [0.5, 0.6) is 0 Å². The molecule has 25 heavy (non-hydrogen) atoms. The van der Waals surface area contributed by atoms with Crippen LogP contribution in [0.1, 0.15) is 69.5 Å². The Bertz CT molecular complexity index is 656. The summed E-state index contributed by atoms with van der Waals surface area (Å²) in [6.45, 7) is 13.8. The van der Waals surface area contributed by atoms with Crippen molar-refractivity contribution in [2.75, 3.05) is 19.6 Å². The number of carbonyl (C=O) groups is 2. The number of nitrogens with one attached hydrogen (secondary N) is 1. The fraction of sp³-hybridized carbons (Fsp3) is 0.684. The van der Waals surface area contributed by atoms with Crippen molar-refractivity contribution < 1.29 is 9.59 Å². The van der Waals surface area contributed by atoms with E-state index in [-0.39, 0.29) is 22.6 Å². The number of piperidine rings is 1. The SMILES string of the molecule is CC(=O)N1CCC(C)(c2cc(C(=O)NCC(C)(C)C)nc(C)n2)CC1. The average molecular weight is 346 g/mol. The van der Waals surface area contributed by atoms with Crippen molar-refractivity contribution in [2.45, 2.75) is 59.8 Å². The summed E-state index contributed by atoms with van der Waals surface area (Å²) in [6.07, 6.45) is 1.68. The van der Waals surface area contributed by atoms with Gasteiger partial charge >= 0.3 is 0 Å². The molecule has 1 aliphatic heterocycles. The molecule has 0 atom stereocenters. The quantitative estimate of drug-likeness (QED) is 0.912. The van der Waals surface area contributed by atoms with Gasteiger partial charge in [0.2, 0.25) is 5.91 Å². The molecule has 138 valence electrons. The van der Waals surface area contributed by atoms with Crippen LogP contribution in [0.25, 0.3) is 0 Å². The molecule has 0 spiro atoms. The minimum atomic E-state index is -0.161. The molecule has 1 fully saturated rings. The maximum atomic E-state index is 12.5. The van der Waals surface area contributed by atoms with E-state index in [1.165, 1.54) is 0 Å². The van der Waals surface area contributed by atoms with E-state index in [0.29, 0.717) is 18.1 Å². The normalized spacial score (nSPS) is 17.3. The third-order valence-corrected chi connectivity index (χ3v) is 4.78. The third-order valence-electron chi connectivity index (χ3n) is 4.78. The lowest BCUT2D eigenvalue weighted by Gasteiger charge is -2.38. The van der Waals surface area contributed by atoms with Gasteiger partial charge in [0.05, 0.1) is 5.69 Å². The van der Waals surface area contributed by atoms with Crippen molar-refractivity contribution in [2.24, 2.45) is 5.41 Å². The zero-order valence-electron chi connectivity index (χ0n) is 16.3. The highest BCUT2D eigenvalue weighted by molar-refractivity contribution is 5.92. The summed E-state index contributed by atoms with van der Waals surface area (Å²) in [6, 6.07) is 1.81. The minimum absolute atomic E-state index is 0.0199. The number of hydrogen-bond donors (Lipinski definition) is 1. The molecule has 1 aromatic rings. The fourth-order valence-electron chi connectivity index (χ4n) is 3.00. The third kappa shape index (κ3) is 5.00. The van der Waals surface area contributed by atoms with Gasteiger partial charge in [0.25, 0.3) is 5.91 Å². The molecule has 1 N–H and O–H groups in total. The minimum Gasteiger partial charge on any atom is -0.350 e. The number of rotatable bonds is 3. The number of aryl methyl sites for hydroxylation is 1. The molecular formula is C19H30N4O2. The van der Waals surface area contributed by atoms with Crippen LogP contribution in [0.3, 0.4) is 0 Å². The first-order valence-electron chi connectivity index (χ1n) is 8.90. The predicted octanol–water partition coefficient (Wildman–Crippen LogP) is 2.46. The Balaban J connectivity index is 2.18.